The largest absolute Gasteiger partial charge is 0.381 e. The second-order valence-electron chi connectivity index (χ2n) is 11.7. The number of hydrogen-bond acceptors (Lipinski definition) is 8. The van der Waals surface area contributed by atoms with E-state index in [9.17, 15) is 9.59 Å². The Kier molecular flexibility index (Phi) is 8.46. The van der Waals surface area contributed by atoms with Crippen LogP contribution in [0.4, 0.5) is 5.82 Å². The van der Waals surface area contributed by atoms with Gasteiger partial charge in [-0.15, -0.1) is 5.10 Å². The van der Waals surface area contributed by atoms with Crippen LogP contribution in [0.15, 0.2) is 84.0 Å². The maximum Gasteiger partial charge on any atom is 0.264 e. The number of aromatic nitrogens is 6. The third kappa shape index (κ3) is 5.92. The Hall–Kier alpha value is -5.77. The summed E-state index contributed by atoms with van der Waals surface area (Å²) in [6, 6.07) is 18.0. The number of rotatable bonds is 7. The third-order valence-corrected chi connectivity index (χ3v) is 8.69. The van der Waals surface area contributed by atoms with Crippen molar-refractivity contribution in [3.8, 4) is 17.5 Å². The van der Waals surface area contributed by atoms with Gasteiger partial charge in [0.05, 0.1) is 42.1 Å². The van der Waals surface area contributed by atoms with E-state index in [1.807, 2.05) is 73.3 Å². The molecule has 1 amide bonds. The molecule has 1 aliphatic rings. The van der Waals surface area contributed by atoms with Crippen LogP contribution in [0.3, 0.4) is 0 Å². The molecule has 0 saturated carbocycles. The number of amides is 1. The molecule has 242 valence electrons. The van der Waals surface area contributed by atoms with E-state index in [4.69, 9.17) is 10.5 Å². The molecule has 1 aliphatic heterocycles. The zero-order valence-corrected chi connectivity index (χ0v) is 26.8. The number of morpholine rings is 1. The van der Waals surface area contributed by atoms with E-state index in [0.717, 1.165) is 50.5 Å². The molecule has 4 aromatic heterocycles. The summed E-state index contributed by atoms with van der Waals surface area (Å²) in [4.78, 5) is 34.7. The molecule has 1 saturated heterocycles. The molecule has 0 radical (unpaired) electrons. The number of anilines is 1. The van der Waals surface area contributed by atoms with Crippen molar-refractivity contribution >= 4 is 28.1 Å². The minimum absolute atomic E-state index is 0.0680. The van der Waals surface area contributed by atoms with Crippen molar-refractivity contribution in [1.82, 2.24) is 39.2 Å². The van der Waals surface area contributed by atoms with Crippen molar-refractivity contribution in [3.63, 3.8) is 0 Å². The molecule has 3 N–H and O–H groups in total. The van der Waals surface area contributed by atoms with Gasteiger partial charge < -0.3 is 15.8 Å². The van der Waals surface area contributed by atoms with Crippen LogP contribution in [-0.2, 0) is 18.2 Å². The van der Waals surface area contributed by atoms with Crippen LogP contribution in [0.25, 0.3) is 22.1 Å². The predicted molar refractivity (Wildman–Crippen MR) is 183 cm³/mol. The van der Waals surface area contributed by atoms with E-state index in [0.29, 0.717) is 33.4 Å². The highest BCUT2D eigenvalue weighted by molar-refractivity contribution is 6.04. The lowest BCUT2D eigenvalue weighted by molar-refractivity contribution is 0.0382. The fourth-order valence-corrected chi connectivity index (χ4v) is 6.20. The maximum atomic E-state index is 14.5. The maximum absolute atomic E-state index is 14.5. The monoisotopic (exact) mass is 641 g/mol. The lowest BCUT2D eigenvalue weighted by Gasteiger charge is -2.26. The number of para-hydroxylation sites is 1. The van der Waals surface area contributed by atoms with Gasteiger partial charge in [0.2, 0.25) is 0 Å². The van der Waals surface area contributed by atoms with Gasteiger partial charge in [0, 0.05) is 62.4 Å². The Balaban J connectivity index is 1.26. The molecule has 12 heteroatoms. The smallest absolute Gasteiger partial charge is 0.264 e. The molecule has 1 fully saturated rings. The summed E-state index contributed by atoms with van der Waals surface area (Å²) < 4.78 is 10.5. The highest BCUT2D eigenvalue weighted by Crippen LogP contribution is 2.25. The molecule has 7 rings (SSSR count). The number of fused-ring (bicyclic) bond motifs is 2. The first-order valence-corrected chi connectivity index (χ1v) is 15.9. The van der Waals surface area contributed by atoms with E-state index >= 15 is 0 Å². The summed E-state index contributed by atoms with van der Waals surface area (Å²) in [7, 11) is 1.93. The van der Waals surface area contributed by atoms with Gasteiger partial charge in [-0.3, -0.25) is 23.7 Å². The van der Waals surface area contributed by atoms with Crippen molar-refractivity contribution in [2.45, 2.75) is 19.4 Å². The van der Waals surface area contributed by atoms with Gasteiger partial charge in [-0.25, -0.2) is 9.50 Å². The van der Waals surface area contributed by atoms with Gasteiger partial charge in [0.1, 0.15) is 5.56 Å². The first-order valence-electron chi connectivity index (χ1n) is 15.9. The molecular weight excluding hydrogens is 606 g/mol. The van der Waals surface area contributed by atoms with Gasteiger partial charge in [-0.05, 0) is 42.6 Å². The molecule has 5 heterocycles. The number of carbonyl (C=O) groups is 1. The standard InChI is InChI=1S/C36H35N9O3/c1-24(40-35(46)32-33(37)41-44-16-7-15-38-34(32)44)30-22-26-9-6-8-25(31(26)36(47)45(30)28-10-4-3-5-11-28)12-13-27-23-39-42(2)29(27)14-17-43-18-20-48-21-19-43/h3-11,15-16,22-24H,14,17-21H2,1-2H3,(H2,37,41)(H,40,46). The quantitative estimate of drug-likeness (QED) is 0.254. The van der Waals surface area contributed by atoms with Gasteiger partial charge >= 0.3 is 0 Å². The Labute approximate surface area is 276 Å². The first-order chi connectivity index (χ1) is 23.4. The Morgan fingerprint density at radius 3 is 2.67 bits per heavy atom. The average molecular weight is 642 g/mol. The van der Waals surface area contributed by atoms with Crippen LogP contribution >= 0.6 is 0 Å². The molecule has 1 atom stereocenters. The van der Waals surface area contributed by atoms with Gasteiger partial charge in [0.15, 0.2) is 11.5 Å². The number of pyridine rings is 1. The molecule has 0 spiro atoms. The van der Waals surface area contributed by atoms with Crippen LogP contribution in [-0.4, -0.2) is 72.6 Å². The molecule has 2 aromatic carbocycles. The highest BCUT2D eigenvalue weighted by Gasteiger charge is 2.24. The van der Waals surface area contributed by atoms with Crippen molar-refractivity contribution in [2.24, 2.45) is 7.05 Å². The summed E-state index contributed by atoms with van der Waals surface area (Å²) in [5.41, 5.74) is 10.2. The van der Waals surface area contributed by atoms with Crippen molar-refractivity contribution in [3.05, 3.63) is 118 Å². The van der Waals surface area contributed by atoms with E-state index < -0.39 is 11.9 Å². The van der Waals surface area contributed by atoms with Crippen LogP contribution in [0.1, 0.15) is 45.8 Å². The van der Waals surface area contributed by atoms with E-state index in [2.05, 4.69) is 37.2 Å². The van der Waals surface area contributed by atoms with Crippen LogP contribution in [0.2, 0.25) is 0 Å². The number of nitrogens with two attached hydrogens (primary N) is 1. The van der Waals surface area contributed by atoms with Crippen molar-refractivity contribution in [2.75, 3.05) is 38.6 Å². The predicted octanol–water partition coefficient (Wildman–Crippen LogP) is 3.11. The fourth-order valence-electron chi connectivity index (χ4n) is 6.20. The van der Waals surface area contributed by atoms with E-state index in [-0.39, 0.29) is 16.9 Å². The number of nitrogens with one attached hydrogen (secondary N) is 1. The number of nitrogens with zero attached hydrogens (tertiary/aromatic N) is 7. The van der Waals surface area contributed by atoms with Crippen molar-refractivity contribution in [1.29, 1.82) is 0 Å². The van der Waals surface area contributed by atoms with Crippen LogP contribution < -0.4 is 16.6 Å². The van der Waals surface area contributed by atoms with Crippen LogP contribution in [0, 0.1) is 11.8 Å². The third-order valence-electron chi connectivity index (χ3n) is 8.69. The Bertz CT molecular complexity index is 2250. The number of carbonyl (C=O) groups excluding carboxylic acids is 1. The minimum Gasteiger partial charge on any atom is -0.381 e. The average Bonchev–Trinajstić information content (AvgIpc) is 3.64. The van der Waals surface area contributed by atoms with E-state index in [1.165, 1.54) is 4.52 Å². The van der Waals surface area contributed by atoms with Gasteiger partial charge in [-0.1, -0.05) is 42.2 Å². The first kappa shape index (κ1) is 30.9. The Morgan fingerprint density at radius 1 is 1.06 bits per heavy atom. The van der Waals surface area contributed by atoms with Crippen molar-refractivity contribution < 1.29 is 9.53 Å². The summed E-state index contributed by atoms with van der Waals surface area (Å²) in [5, 5.41) is 12.9. The molecule has 12 nitrogen and oxygen atoms in total. The lowest BCUT2D eigenvalue weighted by atomic mass is 10.0. The number of benzene rings is 2. The van der Waals surface area contributed by atoms with Gasteiger partial charge in [-0.2, -0.15) is 5.10 Å². The highest BCUT2D eigenvalue weighted by atomic mass is 16.5. The second-order valence-corrected chi connectivity index (χ2v) is 11.7. The molecule has 48 heavy (non-hydrogen) atoms. The lowest BCUT2D eigenvalue weighted by Crippen LogP contribution is -2.37. The Morgan fingerprint density at radius 2 is 1.85 bits per heavy atom. The van der Waals surface area contributed by atoms with Gasteiger partial charge in [0.25, 0.3) is 11.5 Å². The fraction of sp³-hybridized carbons (Fsp3) is 0.250. The zero-order valence-electron chi connectivity index (χ0n) is 26.8. The number of aryl methyl sites for hydroxylation is 1. The topological polar surface area (TPSA) is 138 Å². The molecule has 1 unspecified atom stereocenters. The van der Waals surface area contributed by atoms with Crippen LogP contribution in [0.5, 0.6) is 0 Å². The second kappa shape index (κ2) is 13.2. The molecule has 6 aromatic rings. The zero-order chi connectivity index (χ0) is 33.2. The number of hydrogen-bond donors (Lipinski definition) is 2. The molecular formula is C36H35N9O3. The number of nitrogen functional groups attached to an aromatic ring is 1. The SMILES string of the molecule is CC(NC(=O)c1c(N)nn2cccnc12)c1cc2cccc(C#Cc3cnn(C)c3CCN3CCOCC3)c2c(=O)n1-c1ccccc1. The molecule has 0 aliphatic carbocycles. The summed E-state index contributed by atoms with van der Waals surface area (Å²) in [6.45, 7) is 6.06. The summed E-state index contributed by atoms with van der Waals surface area (Å²) in [5.74, 6) is 6.22. The summed E-state index contributed by atoms with van der Waals surface area (Å²) >= 11 is 0. The molecule has 0 bridgehead atoms. The summed E-state index contributed by atoms with van der Waals surface area (Å²) in [6.07, 6.45) is 5.84. The van der Waals surface area contributed by atoms with E-state index in [1.54, 1.807) is 29.2 Å². The normalized spacial score (nSPS) is 14.1. The minimum atomic E-state index is -0.591. The number of ether oxygens (including phenoxy) is 1.